The lowest BCUT2D eigenvalue weighted by atomic mass is 10.2. The van der Waals surface area contributed by atoms with E-state index in [1.807, 2.05) is 30.5 Å². The van der Waals surface area contributed by atoms with Crippen molar-refractivity contribution in [3.8, 4) is 0 Å². The lowest BCUT2D eigenvalue weighted by Crippen LogP contribution is -1.73. The molecule has 0 spiro atoms. The third-order valence-corrected chi connectivity index (χ3v) is 1.51. The fourth-order valence-corrected chi connectivity index (χ4v) is 1.02. The number of fused-ring (bicyclic) bond motifs is 1. The summed E-state index contributed by atoms with van der Waals surface area (Å²) in [5, 5.41) is 1.20. The third-order valence-electron chi connectivity index (χ3n) is 1.51. The van der Waals surface area contributed by atoms with Gasteiger partial charge in [-0.2, -0.15) is 0 Å². The molecular weight excluding hydrogens is 263 g/mol. The molecule has 0 amide bonds. The van der Waals surface area contributed by atoms with Gasteiger partial charge in [0.1, 0.15) is 0 Å². The van der Waals surface area contributed by atoms with Gasteiger partial charge in [-0.3, -0.25) is 8.93 Å². The van der Waals surface area contributed by atoms with Crippen molar-refractivity contribution >= 4 is 33.8 Å². The number of para-hydroxylation sites is 1. The van der Waals surface area contributed by atoms with Gasteiger partial charge in [0.2, 0.25) is 0 Å². The molecule has 12 heavy (non-hydrogen) atoms. The summed E-state index contributed by atoms with van der Waals surface area (Å²) in [7, 11) is 0. The van der Waals surface area contributed by atoms with Crippen LogP contribution in [0.3, 0.4) is 0 Å². The Balaban J connectivity index is 0.000000336. The van der Waals surface area contributed by atoms with Crippen LogP contribution in [-0.4, -0.2) is 4.98 Å². The summed E-state index contributed by atoms with van der Waals surface area (Å²) in [6, 6.07) is 12.1. The summed E-state index contributed by atoms with van der Waals surface area (Å²) in [6.07, 6.45) is 1.81. The molecule has 0 fully saturated rings. The second kappa shape index (κ2) is 5.05. The molecule has 0 atom stereocenters. The zero-order valence-corrected chi connectivity index (χ0v) is 8.60. The lowest BCUT2D eigenvalue weighted by molar-refractivity contribution is 1.41. The number of pyridine rings is 1. The molecule has 0 bridgehead atoms. The van der Waals surface area contributed by atoms with Gasteiger partial charge >= 0.3 is 0 Å². The molecule has 2 nitrogen and oxygen atoms in total. The molecule has 1 heterocycles. The van der Waals surface area contributed by atoms with Gasteiger partial charge in [-0.05, 0) is 12.1 Å². The highest BCUT2D eigenvalue weighted by molar-refractivity contribution is 14.1. The average Bonchev–Trinajstić information content (AvgIpc) is 2.21. The van der Waals surface area contributed by atoms with Gasteiger partial charge in [-0.1, -0.05) is 24.3 Å². The SMILES string of the molecule is NI.c1ccc2ncccc2c1. The molecule has 0 radical (unpaired) electrons. The second-order valence-corrected chi connectivity index (χ2v) is 2.20. The van der Waals surface area contributed by atoms with Crippen LogP contribution in [-0.2, 0) is 0 Å². The molecule has 2 N–H and O–H groups in total. The van der Waals surface area contributed by atoms with Crippen molar-refractivity contribution in [3.05, 3.63) is 42.6 Å². The fourth-order valence-electron chi connectivity index (χ4n) is 1.02. The van der Waals surface area contributed by atoms with Gasteiger partial charge in [-0.15, -0.1) is 0 Å². The zero-order chi connectivity index (χ0) is 8.81. The van der Waals surface area contributed by atoms with Crippen LogP contribution in [0, 0.1) is 0 Å². The van der Waals surface area contributed by atoms with Crippen LogP contribution >= 0.6 is 22.9 Å². The first-order valence-corrected chi connectivity index (χ1v) is 4.73. The van der Waals surface area contributed by atoms with Crippen molar-refractivity contribution in [2.75, 3.05) is 0 Å². The highest BCUT2D eigenvalue weighted by Crippen LogP contribution is 2.07. The van der Waals surface area contributed by atoms with E-state index >= 15 is 0 Å². The minimum Gasteiger partial charge on any atom is -0.275 e. The lowest BCUT2D eigenvalue weighted by Gasteiger charge is -1.91. The van der Waals surface area contributed by atoms with Crippen molar-refractivity contribution in [3.63, 3.8) is 0 Å². The highest BCUT2D eigenvalue weighted by atomic mass is 127. The van der Waals surface area contributed by atoms with Gasteiger partial charge in [0.15, 0.2) is 0 Å². The number of aromatic nitrogens is 1. The minimum atomic E-state index is 1.06. The minimum absolute atomic E-state index is 1.06. The van der Waals surface area contributed by atoms with Crippen LogP contribution in [0.4, 0.5) is 0 Å². The Morgan fingerprint density at radius 3 is 2.42 bits per heavy atom. The van der Waals surface area contributed by atoms with Crippen LogP contribution in [0.15, 0.2) is 42.6 Å². The Morgan fingerprint density at radius 2 is 1.67 bits per heavy atom. The Kier molecular flexibility index (Phi) is 3.96. The van der Waals surface area contributed by atoms with Crippen LogP contribution in [0.5, 0.6) is 0 Å². The van der Waals surface area contributed by atoms with Crippen molar-refractivity contribution < 1.29 is 0 Å². The molecule has 2 rings (SSSR count). The van der Waals surface area contributed by atoms with Gasteiger partial charge in [0.05, 0.1) is 5.52 Å². The fraction of sp³-hybridized carbons (Fsp3) is 0. The first-order valence-electron chi connectivity index (χ1n) is 3.48. The van der Waals surface area contributed by atoms with Gasteiger partial charge in [0, 0.05) is 34.4 Å². The zero-order valence-electron chi connectivity index (χ0n) is 6.44. The summed E-state index contributed by atoms with van der Waals surface area (Å²) in [5.74, 6) is 0. The molecule has 2 aromatic rings. The molecule has 62 valence electrons. The Hall–Kier alpha value is -0.680. The molecular formula is C9H9IN2. The van der Waals surface area contributed by atoms with E-state index in [4.69, 9.17) is 0 Å². The Labute approximate surface area is 85.3 Å². The smallest absolute Gasteiger partial charge is 0.0701 e. The maximum Gasteiger partial charge on any atom is 0.0701 e. The van der Waals surface area contributed by atoms with Gasteiger partial charge in [0.25, 0.3) is 0 Å². The summed E-state index contributed by atoms with van der Waals surface area (Å²) in [4.78, 5) is 4.18. The second-order valence-electron chi connectivity index (χ2n) is 2.20. The van der Waals surface area contributed by atoms with E-state index in [2.05, 4.69) is 21.1 Å². The van der Waals surface area contributed by atoms with Gasteiger partial charge in [-0.25, -0.2) is 0 Å². The predicted octanol–water partition coefficient (Wildman–Crippen LogP) is 2.53. The maximum absolute atomic E-state index is 4.47. The predicted molar refractivity (Wildman–Crippen MR) is 60.0 cm³/mol. The highest BCUT2D eigenvalue weighted by Gasteiger charge is 1.86. The first-order chi connectivity index (χ1) is 5.97. The first kappa shape index (κ1) is 9.41. The molecule has 0 saturated carbocycles. The molecule has 0 aliphatic rings. The van der Waals surface area contributed by atoms with Crippen molar-refractivity contribution in [1.82, 2.24) is 4.98 Å². The van der Waals surface area contributed by atoms with Gasteiger partial charge < -0.3 is 0 Å². The van der Waals surface area contributed by atoms with E-state index in [9.17, 15) is 0 Å². The quantitative estimate of drug-likeness (QED) is 0.591. The maximum atomic E-state index is 4.47. The number of benzene rings is 1. The van der Waals surface area contributed by atoms with Crippen molar-refractivity contribution in [2.45, 2.75) is 0 Å². The summed E-state index contributed by atoms with van der Waals surface area (Å²) < 4.78 is 4.47. The van der Waals surface area contributed by atoms with E-state index in [-0.39, 0.29) is 0 Å². The number of rotatable bonds is 0. The molecule has 3 heteroatoms. The van der Waals surface area contributed by atoms with Crippen molar-refractivity contribution in [1.29, 1.82) is 0 Å². The van der Waals surface area contributed by atoms with E-state index in [1.165, 1.54) is 5.39 Å². The number of nitrogens with zero attached hydrogens (tertiary/aromatic N) is 1. The standard InChI is InChI=1S/C9H7N.H2IN/c1-2-6-9-8(4-1)5-3-7-10-9;1-2/h1-7H;2H2. The van der Waals surface area contributed by atoms with Crippen LogP contribution in [0.1, 0.15) is 0 Å². The van der Waals surface area contributed by atoms with E-state index in [1.54, 1.807) is 22.9 Å². The molecule has 1 aromatic heterocycles. The number of nitrogens with two attached hydrogens (primary N) is 1. The summed E-state index contributed by atoms with van der Waals surface area (Å²) in [6.45, 7) is 0. The van der Waals surface area contributed by atoms with Crippen LogP contribution in [0.2, 0.25) is 0 Å². The van der Waals surface area contributed by atoms with E-state index < -0.39 is 0 Å². The van der Waals surface area contributed by atoms with E-state index in [0.717, 1.165) is 5.52 Å². The van der Waals surface area contributed by atoms with E-state index in [0.29, 0.717) is 0 Å². The largest absolute Gasteiger partial charge is 0.275 e. The molecule has 0 aliphatic heterocycles. The normalized spacial score (nSPS) is 8.83. The molecule has 0 saturated heterocycles. The topological polar surface area (TPSA) is 38.9 Å². The third kappa shape index (κ3) is 2.15. The molecule has 0 unspecified atom stereocenters. The van der Waals surface area contributed by atoms with Crippen molar-refractivity contribution in [2.24, 2.45) is 3.95 Å². The van der Waals surface area contributed by atoms with Crippen LogP contribution in [0.25, 0.3) is 10.9 Å². The summed E-state index contributed by atoms with van der Waals surface area (Å²) >= 11 is 1.65. The monoisotopic (exact) mass is 272 g/mol. The average molecular weight is 272 g/mol. The molecule has 1 aromatic carbocycles. The van der Waals surface area contributed by atoms with Crippen LogP contribution < -0.4 is 3.95 Å². The number of hydrogen-bond donors (Lipinski definition) is 1. The molecule has 0 aliphatic carbocycles. The Bertz CT molecular complexity index is 284. The summed E-state index contributed by atoms with van der Waals surface area (Å²) in [5.41, 5.74) is 1.06. The number of hydrogen-bond acceptors (Lipinski definition) is 2. The number of halogens is 1. The Morgan fingerprint density at radius 1 is 1.00 bits per heavy atom.